The van der Waals surface area contributed by atoms with E-state index >= 15 is 0 Å². The Balaban J connectivity index is 1.62. The molecule has 0 saturated carbocycles. The van der Waals surface area contributed by atoms with Crippen LogP contribution in [0.5, 0.6) is 5.75 Å². The Hall–Kier alpha value is -1.22. The Kier molecular flexibility index (Phi) is 3.18. The molecule has 1 aromatic rings. The molecule has 92 valence electrons. The zero-order valence-electron chi connectivity index (χ0n) is 10.2. The van der Waals surface area contributed by atoms with E-state index in [9.17, 15) is 0 Å². The molecule has 17 heavy (non-hydrogen) atoms. The molecule has 0 aromatic heterocycles. The molecular formula is C14H20N2O. The number of nitrogens with one attached hydrogen (secondary N) is 2. The highest BCUT2D eigenvalue weighted by molar-refractivity contribution is 5.51. The van der Waals surface area contributed by atoms with Crippen LogP contribution < -0.4 is 15.4 Å². The van der Waals surface area contributed by atoms with Gasteiger partial charge in [0.05, 0.1) is 6.61 Å². The molecule has 2 aliphatic heterocycles. The van der Waals surface area contributed by atoms with Gasteiger partial charge in [-0.25, -0.2) is 0 Å². The number of hydrogen-bond donors (Lipinski definition) is 2. The van der Waals surface area contributed by atoms with Gasteiger partial charge < -0.3 is 15.4 Å². The zero-order valence-corrected chi connectivity index (χ0v) is 10.2. The minimum atomic E-state index is 0.780. The van der Waals surface area contributed by atoms with E-state index in [4.69, 9.17) is 4.74 Å². The first-order chi connectivity index (χ1) is 8.42. The number of ether oxygens (including phenoxy) is 1. The molecule has 1 unspecified atom stereocenters. The molecule has 0 aliphatic carbocycles. The van der Waals surface area contributed by atoms with Gasteiger partial charge in [-0.05, 0) is 62.0 Å². The third-order valence-corrected chi connectivity index (χ3v) is 3.67. The first-order valence-corrected chi connectivity index (χ1v) is 6.62. The molecule has 3 nitrogen and oxygen atoms in total. The van der Waals surface area contributed by atoms with Gasteiger partial charge in [-0.15, -0.1) is 0 Å². The summed E-state index contributed by atoms with van der Waals surface area (Å²) in [5.41, 5.74) is 2.59. The van der Waals surface area contributed by atoms with Crippen LogP contribution in [0.2, 0.25) is 0 Å². The number of fused-ring (bicyclic) bond motifs is 1. The highest BCUT2D eigenvalue weighted by Gasteiger charge is 2.14. The van der Waals surface area contributed by atoms with E-state index in [2.05, 4.69) is 28.8 Å². The summed E-state index contributed by atoms with van der Waals surface area (Å²) in [7, 11) is 0. The summed E-state index contributed by atoms with van der Waals surface area (Å²) in [6, 6.07) is 6.48. The van der Waals surface area contributed by atoms with Crippen LogP contribution in [0.4, 0.5) is 5.69 Å². The van der Waals surface area contributed by atoms with Crippen LogP contribution in [0.25, 0.3) is 0 Å². The highest BCUT2D eigenvalue weighted by atomic mass is 16.5. The van der Waals surface area contributed by atoms with Crippen LogP contribution in [0, 0.1) is 5.92 Å². The second kappa shape index (κ2) is 4.96. The number of rotatable bonds is 3. The van der Waals surface area contributed by atoms with Crippen molar-refractivity contribution in [3.8, 4) is 5.75 Å². The molecule has 1 atom stereocenters. The van der Waals surface area contributed by atoms with Crippen LogP contribution in [-0.2, 0) is 6.42 Å². The van der Waals surface area contributed by atoms with Crippen molar-refractivity contribution in [3.63, 3.8) is 0 Å². The predicted octanol–water partition coefficient (Wildman–Crippen LogP) is 2.03. The molecule has 0 radical (unpaired) electrons. The van der Waals surface area contributed by atoms with Gasteiger partial charge in [0.1, 0.15) is 5.75 Å². The minimum absolute atomic E-state index is 0.780. The van der Waals surface area contributed by atoms with Crippen molar-refractivity contribution in [2.24, 2.45) is 5.92 Å². The normalized spacial score (nSPS) is 22.9. The van der Waals surface area contributed by atoms with Crippen LogP contribution in [0.1, 0.15) is 18.4 Å². The second-order valence-electron chi connectivity index (χ2n) is 5.01. The van der Waals surface area contributed by atoms with Crippen LogP contribution in [0.3, 0.4) is 0 Å². The van der Waals surface area contributed by atoms with Crippen LogP contribution in [-0.4, -0.2) is 26.2 Å². The van der Waals surface area contributed by atoms with E-state index < -0.39 is 0 Å². The van der Waals surface area contributed by atoms with E-state index in [1.54, 1.807) is 0 Å². The Labute approximate surface area is 103 Å². The summed E-state index contributed by atoms with van der Waals surface area (Å²) < 4.78 is 5.62. The summed E-state index contributed by atoms with van der Waals surface area (Å²) in [5.74, 6) is 1.85. The topological polar surface area (TPSA) is 33.3 Å². The highest BCUT2D eigenvalue weighted by Crippen LogP contribution is 2.27. The number of hydrogen-bond acceptors (Lipinski definition) is 3. The minimum Gasteiger partial charge on any atom is -0.493 e. The largest absolute Gasteiger partial charge is 0.493 e. The lowest BCUT2D eigenvalue weighted by molar-refractivity contribution is 0.288. The summed E-state index contributed by atoms with van der Waals surface area (Å²) in [5, 5.41) is 6.94. The van der Waals surface area contributed by atoms with Gasteiger partial charge in [0.25, 0.3) is 0 Å². The average molecular weight is 232 g/mol. The van der Waals surface area contributed by atoms with Crippen molar-refractivity contribution in [2.45, 2.75) is 19.3 Å². The van der Waals surface area contributed by atoms with E-state index in [-0.39, 0.29) is 0 Å². The molecule has 3 rings (SSSR count). The molecule has 0 spiro atoms. The summed E-state index contributed by atoms with van der Waals surface area (Å²) in [6.45, 7) is 4.27. The molecule has 3 heteroatoms. The van der Waals surface area contributed by atoms with Gasteiger partial charge in [-0.2, -0.15) is 0 Å². The van der Waals surface area contributed by atoms with E-state index in [0.717, 1.165) is 44.2 Å². The van der Waals surface area contributed by atoms with Crippen molar-refractivity contribution in [3.05, 3.63) is 23.8 Å². The Morgan fingerprint density at radius 2 is 2.41 bits per heavy atom. The second-order valence-corrected chi connectivity index (χ2v) is 5.01. The van der Waals surface area contributed by atoms with Crippen molar-refractivity contribution in [2.75, 3.05) is 31.6 Å². The molecular weight excluding hydrogens is 212 g/mol. The Bertz CT molecular complexity index is 386. The van der Waals surface area contributed by atoms with Crippen molar-refractivity contribution < 1.29 is 4.74 Å². The van der Waals surface area contributed by atoms with Gasteiger partial charge in [0.15, 0.2) is 0 Å². The quantitative estimate of drug-likeness (QED) is 0.836. The summed E-state index contributed by atoms with van der Waals surface area (Å²) >= 11 is 0. The van der Waals surface area contributed by atoms with Gasteiger partial charge in [-0.1, -0.05) is 0 Å². The fourth-order valence-corrected chi connectivity index (χ4v) is 2.62. The lowest BCUT2D eigenvalue weighted by atomic mass is 10.1. The zero-order chi connectivity index (χ0) is 11.5. The monoisotopic (exact) mass is 232 g/mol. The van der Waals surface area contributed by atoms with Crippen molar-refractivity contribution >= 4 is 5.69 Å². The third kappa shape index (κ3) is 2.55. The average Bonchev–Trinajstić information content (AvgIpc) is 2.89. The Morgan fingerprint density at radius 3 is 3.29 bits per heavy atom. The first kappa shape index (κ1) is 10.9. The van der Waals surface area contributed by atoms with Gasteiger partial charge in [-0.3, -0.25) is 0 Å². The third-order valence-electron chi connectivity index (χ3n) is 3.67. The lowest BCUT2D eigenvalue weighted by Crippen LogP contribution is -2.17. The molecule has 1 aromatic carbocycles. The number of anilines is 1. The Morgan fingerprint density at radius 1 is 1.41 bits per heavy atom. The summed E-state index contributed by atoms with van der Waals surface area (Å²) in [4.78, 5) is 0. The van der Waals surface area contributed by atoms with E-state index in [0.29, 0.717) is 0 Å². The molecule has 1 fully saturated rings. The number of benzene rings is 1. The molecule has 2 aliphatic rings. The van der Waals surface area contributed by atoms with E-state index in [1.807, 2.05) is 0 Å². The maximum Gasteiger partial charge on any atom is 0.122 e. The van der Waals surface area contributed by atoms with Crippen molar-refractivity contribution in [1.82, 2.24) is 5.32 Å². The SMILES string of the molecule is c1cc2c(cc1NCC1CCNC1)CCCO2. The maximum atomic E-state index is 5.62. The van der Waals surface area contributed by atoms with Crippen LogP contribution >= 0.6 is 0 Å². The summed E-state index contributed by atoms with van der Waals surface area (Å²) in [6.07, 6.45) is 3.58. The van der Waals surface area contributed by atoms with E-state index in [1.165, 1.54) is 24.2 Å². The smallest absolute Gasteiger partial charge is 0.122 e. The fraction of sp³-hybridized carbons (Fsp3) is 0.571. The standard InChI is InChI=1S/C14H20N2O/c1-2-12-8-13(3-4-14(12)17-7-1)16-10-11-5-6-15-9-11/h3-4,8,11,15-16H,1-2,5-7,9-10H2. The first-order valence-electron chi connectivity index (χ1n) is 6.62. The fourth-order valence-electron chi connectivity index (χ4n) is 2.62. The van der Waals surface area contributed by atoms with Gasteiger partial charge >= 0.3 is 0 Å². The lowest BCUT2D eigenvalue weighted by Gasteiger charge is -2.19. The molecule has 2 N–H and O–H groups in total. The molecule has 2 heterocycles. The predicted molar refractivity (Wildman–Crippen MR) is 69.7 cm³/mol. The molecule has 0 amide bonds. The molecule has 0 bridgehead atoms. The van der Waals surface area contributed by atoms with Crippen LogP contribution in [0.15, 0.2) is 18.2 Å². The number of aryl methyl sites for hydroxylation is 1. The van der Waals surface area contributed by atoms with Gasteiger partial charge in [0.2, 0.25) is 0 Å². The van der Waals surface area contributed by atoms with Gasteiger partial charge in [0, 0.05) is 12.2 Å². The maximum absolute atomic E-state index is 5.62. The molecule has 1 saturated heterocycles. The van der Waals surface area contributed by atoms with Crippen molar-refractivity contribution in [1.29, 1.82) is 0 Å².